The van der Waals surface area contributed by atoms with Gasteiger partial charge in [-0.15, -0.1) is 0 Å². The van der Waals surface area contributed by atoms with Crippen molar-refractivity contribution in [2.75, 3.05) is 19.0 Å². The first-order valence-corrected chi connectivity index (χ1v) is 17.8. The quantitative estimate of drug-likeness (QED) is 0.166. The minimum atomic E-state index is -4.61. The van der Waals surface area contributed by atoms with Crippen molar-refractivity contribution in [3.05, 3.63) is 78.4 Å². The molecule has 0 spiro atoms. The lowest BCUT2D eigenvalue weighted by Crippen LogP contribution is -2.29. The molecule has 4 aromatic carbocycles. The molecule has 0 saturated carbocycles. The number of anilines is 1. The largest absolute Gasteiger partial charge is 0.744 e. The van der Waals surface area contributed by atoms with Crippen molar-refractivity contribution in [1.29, 1.82) is 0 Å². The van der Waals surface area contributed by atoms with Crippen LogP contribution in [-0.2, 0) is 31.3 Å². The smallest absolute Gasteiger partial charge is 0.269 e. The summed E-state index contributed by atoms with van der Waals surface area (Å²) < 4.78 is 45.7. The second-order valence-corrected chi connectivity index (χ2v) is 15.6. The highest BCUT2D eigenvalue weighted by atomic mass is 32.2. The van der Waals surface area contributed by atoms with Crippen molar-refractivity contribution in [2.45, 2.75) is 11.8 Å². The number of nitrogens with zero attached hydrogens (tertiary/aromatic N) is 4. The molecular formula is C33H30N4O3S4+2. The van der Waals surface area contributed by atoms with Gasteiger partial charge in [-0.3, -0.25) is 0 Å². The van der Waals surface area contributed by atoms with E-state index in [1.54, 1.807) is 35.7 Å². The Morgan fingerprint density at radius 3 is 1.61 bits per heavy atom. The Hall–Kier alpha value is -3.74. The van der Waals surface area contributed by atoms with Crippen molar-refractivity contribution >= 4 is 80.5 Å². The van der Waals surface area contributed by atoms with Crippen molar-refractivity contribution < 1.29 is 26.7 Å². The third-order valence-corrected chi connectivity index (χ3v) is 13.2. The average Bonchev–Trinajstić information content (AvgIpc) is 3.62. The summed E-state index contributed by atoms with van der Waals surface area (Å²) in [6.45, 7) is 1.67. The zero-order valence-corrected chi connectivity index (χ0v) is 28.3. The highest BCUT2D eigenvalue weighted by Gasteiger charge is 2.27. The maximum atomic E-state index is 12.1. The lowest BCUT2D eigenvalue weighted by Gasteiger charge is -2.11. The Morgan fingerprint density at radius 1 is 0.636 bits per heavy atom. The first-order valence-electron chi connectivity index (χ1n) is 13.9. The molecule has 0 aliphatic heterocycles. The Balaban J connectivity index is 1.30. The van der Waals surface area contributed by atoms with E-state index in [9.17, 15) is 13.0 Å². The zero-order chi connectivity index (χ0) is 31.1. The van der Waals surface area contributed by atoms with E-state index in [2.05, 4.69) is 103 Å². The van der Waals surface area contributed by atoms with Gasteiger partial charge in [0, 0.05) is 38.0 Å². The van der Waals surface area contributed by atoms with Crippen LogP contribution < -0.4 is 18.6 Å². The third-order valence-electron chi connectivity index (χ3n) is 8.19. The highest BCUT2D eigenvalue weighted by molar-refractivity contribution is 7.86. The molecule has 0 N–H and O–H groups in total. The number of rotatable bonds is 5. The Kier molecular flexibility index (Phi) is 6.87. The lowest BCUT2D eigenvalue weighted by molar-refractivity contribution is -0.629. The molecule has 44 heavy (non-hydrogen) atoms. The van der Waals surface area contributed by atoms with Gasteiger partial charge >= 0.3 is 0 Å². The zero-order valence-electron chi connectivity index (χ0n) is 25.1. The van der Waals surface area contributed by atoms with Crippen LogP contribution in [0, 0.1) is 6.92 Å². The Bertz CT molecular complexity index is 2380. The van der Waals surface area contributed by atoms with Gasteiger partial charge in [0.25, 0.3) is 15.0 Å². The number of hydrogen-bond donors (Lipinski definition) is 0. The molecule has 0 unspecified atom stereocenters. The molecule has 0 aliphatic carbocycles. The molecule has 0 aliphatic rings. The fourth-order valence-corrected chi connectivity index (χ4v) is 10.7. The van der Waals surface area contributed by atoms with E-state index in [-0.39, 0.29) is 4.90 Å². The van der Waals surface area contributed by atoms with Crippen LogP contribution in [0.25, 0.3) is 62.4 Å². The molecule has 222 valence electrons. The summed E-state index contributed by atoms with van der Waals surface area (Å²) in [6, 6.07) is 25.3. The van der Waals surface area contributed by atoms with Crippen LogP contribution in [0.4, 0.5) is 5.69 Å². The molecule has 7 rings (SSSR count). The van der Waals surface area contributed by atoms with Crippen LogP contribution in [0.15, 0.2) is 77.7 Å². The fourth-order valence-electron chi connectivity index (χ4n) is 5.83. The van der Waals surface area contributed by atoms with Crippen molar-refractivity contribution in [3.63, 3.8) is 0 Å². The maximum Gasteiger partial charge on any atom is 0.269 e. The van der Waals surface area contributed by atoms with Gasteiger partial charge in [-0.05, 0) is 61.0 Å². The topological polar surface area (TPSA) is 72.1 Å². The Morgan fingerprint density at radius 2 is 1.09 bits per heavy atom. The number of aryl methyl sites for hydroxylation is 4. The molecule has 7 aromatic rings. The number of aromatic nitrogens is 3. The van der Waals surface area contributed by atoms with Gasteiger partial charge < -0.3 is 9.45 Å². The molecule has 3 aromatic heterocycles. The summed E-state index contributed by atoms with van der Waals surface area (Å²) in [7, 11) is 5.63. The van der Waals surface area contributed by atoms with Crippen LogP contribution >= 0.6 is 34.0 Å². The summed E-state index contributed by atoms with van der Waals surface area (Å²) in [5.74, 6) is 0. The standard InChI is InChI=1S/C33H30N4O3S4/c1-19-7-14-26-29(30(19)44(38,39)40)43-33(37(26)6)22-11-16-25-28(18-22)42-32(36(25)5)21-10-15-24-27(17-21)41-31(35(24)4)20-8-12-23(13-9-20)34(2)3/h7-18H,1-6H3/q+2. The second-order valence-electron chi connectivity index (χ2n) is 11.2. The van der Waals surface area contributed by atoms with Crippen molar-refractivity contribution in [3.8, 4) is 31.7 Å². The molecule has 3 heterocycles. The van der Waals surface area contributed by atoms with Gasteiger partial charge in [0.2, 0.25) is 16.6 Å². The van der Waals surface area contributed by atoms with E-state index in [1.807, 2.05) is 17.7 Å². The molecule has 0 bridgehead atoms. The predicted octanol–water partition coefficient (Wildman–Crippen LogP) is 6.08. The third kappa shape index (κ3) is 4.62. The van der Waals surface area contributed by atoms with E-state index in [1.165, 1.54) is 37.8 Å². The first kappa shape index (κ1) is 29.0. The fraction of sp³-hybridized carbons (Fsp3) is 0.182. The minimum absolute atomic E-state index is 0.126. The Labute approximate surface area is 267 Å². The summed E-state index contributed by atoms with van der Waals surface area (Å²) >= 11 is 4.88. The molecule has 11 heteroatoms. The normalized spacial score (nSPS) is 12.2. The molecule has 0 amide bonds. The van der Waals surface area contributed by atoms with E-state index in [0.717, 1.165) is 36.9 Å². The van der Waals surface area contributed by atoms with Gasteiger partial charge in [-0.2, -0.15) is 13.7 Å². The van der Waals surface area contributed by atoms with Gasteiger partial charge in [0.05, 0.1) is 21.6 Å². The molecule has 0 saturated heterocycles. The van der Waals surface area contributed by atoms with Crippen LogP contribution in [0.5, 0.6) is 0 Å². The second kappa shape index (κ2) is 10.4. The van der Waals surface area contributed by atoms with Gasteiger partial charge in [0.1, 0.15) is 45.4 Å². The van der Waals surface area contributed by atoms with Crippen LogP contribution in [0.2, 0.25) is 0 Å². The lowest BCUT2D eigenvalue weighted by atomic mass is 10.2. The SMILES string of the molecule is Cc1ccc2c(sc(-c3ccc4c(c3)sc(-c3ccc5c(c3)sc(-c3ccc(N(C)C)cc3)[n+]5C)[n+]4C)[n+]2C)c1S(=O)(=O)[O-]. The minimum Gasteiger partial charge on any atom is -0.744 e. The summed E-state index contributed by atoms with van der Waals surface area (Å²) in [6.07, 6.45) is 0. The van der Waals surface area contributed by atoms with Crippen molar-refractivity contribution in [2.24, 2.45) is 21.1 Å². The molecule has 0 atom stereocenters. The summed E-state index contributed by atoms with van der Waals surface area (Å²) in [4.78, 5) is 1.98. The summed E-state index contributed by atoms with van der Waals surface area (Å²) in [5.41, 5.74) is 8.03. The van der Waals surface area contributed by atoms with Gasteiger partial charge in [0.15, 0.2) is 0 Å². The molecular weight excluding hydrogens is 629 g/mol. The van der Waals surface area contributed by atoms with Crippen LogP contribution in [0.3, 0.4) is 0 Å². The number of hydrogen-bond acceptors (Lipinski definition) is 7. The van der Waals surface area contributed by atoms with E-state index < -0.39 is 10.1 Å². The number of benzene rings is 4. The number of thiazole rings is 3. The highest BCUT2D eigenvalue weighted by Crippen LogP contribution is 2.38. The van der Waals surface area contributed by atoms with Crippen LogP contribution in [-0.4, -0.2) is 27.1 Å². The van der Waals surface area contributed by atoms with Gasteiger partial charge in [-0.1, -0.05) is 40.1 Å². The van der Waals surface area contributed by atoms with E-state index in [4.69, 9.17) is 0 Å². The van der Waals surface area contributed by atoms with Crippen LogP contribution in [0.1, 0.15) is 5.56 Å². The molecule has 0 radical (unpaired) electrons. The summed E-state index contributed by atoms with van der Waals surface area (Å²) in [5, 5.41) is 3.27. The van der Waals surface area contributed by atoms with E-state index >= 15 is 0 Å². The number of fused-ring (bicyclic) bond motifs is 3. The average molecular weight is 659 g/mol. The van der Waals surface area contributed by atoms with Crippen molar-refractivity contribution in [1.82, 2.24) is 0 Å². The monoisotopic (exact) mass is 658 g/mol. The predicted molar refractivity (Wildman–Crippen MR) is 179 cm³/mol. The van der Waals surface area contributed by atoms with Gasteiger partial charge in [-0.25, -0.2) is 8.42 Å². The maximum absolute atomic E-state index is 12.1. The molecule has 0 fully saturated rings. The molecule has 7 nitrogen and oxygen atoms in total. The first-order chi connectivity index (χ1) is 20.9. The van der Waals surface area contributed by atoms with E-state index in [0.29, 0.717) is 10.3 Å².